The molecule has 162 valence electrons. The van der Waals surface area contributed by atoms with Gasteiger partial charge in [0.05, 0.1) is 21.3 Å². The number of anilines is 1. The molecule has 2 aromatic carbocycles. The molecule has 0 saturated carbocycles. The van der Waals surface area contributed by atoms with Crippen molar-refractivity contribution in [2.45, 2.75) is 6.92 Å². The number of carbonyl (C=O) groups excluding carboxylic acids is 1. The largest absolute Gasteiger partial charge is 0.493 e. The molecule has 0 unspecified atom stereocenters. The van der Waals surface area contributed by atoms with E-state index in [2.05, 4.69) is 15.3 Å². The second kappa shape index (κ2) is 9.99. The molecule has 1 amide bonds. The Morgan fingerprint density at radius 2 is 1.61 bits per heavy atom. The van der Waals surface area contributed by atoms with Crippen molar-refractivity contribution in [3.63, 3.8) is 0 Å². The van der Waals surface area contributed by atoms with E-state index in [0.29, 0.717) is 39.5 Å². The van der Waals surface area contributed by atoms with Gasteiger partial charge in [-0.25, -0.2) is 4.98 Å². The Labute approximate surface area is 185 Å². The van der Waals surface area contributed by atoms with Crippen molar-refractivity contribution in [1.82, 2.24) is 9.97 Å². The third-order valence-electron chi connectivity index (χ3n) is 4.23. The van der Waals surface area contributed by atoms with Crippen LogP contribution in [0, 0.1) is 6.92 Å². The zero-order valence-corrected chi connectivity index (χ0v) is 18.3. The smallest absolute Gasteiger partial charge is 0.262 e. The van der Waals surface area contributed by atoms with Gasteiger partial charge in [-0.1, -0.05) is 11.6 Å². The summed E-state index contributed by atoms with van der Waals surface area (Å²) < 4.78 is 21.5. The zero-order valence-electron chi connectivity index (χ0n) is 17.6. The van der Waals surface area contributed by atoms with Crippen molar-refractivity contribution in [1.29, 1.82) is 0 Å². The van der Waals surface area contributed by atoms with Crippen molar-refractivity contribution < 1.29 is 23.7 Å². The Morgan fingerprint density at radius 3 is 2.19 bits per heavy atom. The number of benzene rings is 2. The summed E-state index contributed by atoms with van der Waals surface area (Å²) in [6, 6.07) is 12.1. The van der Waals surface area contributed by atoms with Crippen LogP contribution in [0.15, 0.2) is 42.5 Å². The van der Waals surface area contributed by atoms with Gasteiger partial charge >= 0.3 is 0 Å². The van der Waals surface area contributed by atoms with Crippen molar-refractivity contribution in [2.24, 2.45) is 0 Å². The van der Waals surface area contributed by atoms with Gasteiger partial charge in [0, 0.05) is 40.2 Å². The zero-order chi connectivity index (χ0) is 22.4. The molecule has 0 atom stereocenters. The fourth-order valence-electron chi connectivity index (χ4n) is 2.83. The molecule has 0 spiro atoms. The lowest BCUT2D eigenvalue weighted by molar-refractivity contribution is -0.118. The molecule has 0 fully saturated rings. The summed E-state index contributed by atoms with van der Waals surface area (Å²) >= 11 is 5.94. The molecule has 0 aliphatic heterocycles. The number of methoxy groups -OCH3 is 3. The lowest BCUT2D eigenvalue weighted by Crippen LogP contribution is -2.20. The first-order valence-electron chi connectivity index (χ1n) is 9.27. The predicted octanol–water partition coefficient (Wildman–Crippen LogP) is 4.15. The van der Waals surface area contributed by atoms with Gasteiger partial charge in [-0.3, -0.25) is 4.79 Å². The van der Waals surface area contributed by atoms with E-state index in [4.69, 9.17) is 30.5 Å². The summed E-state index contributed by atoms with van der Waals surface area (Å²) in [6.45, 7) is 1.58. The third-order valence-corrected chi connectivity index (χ3v) is 4.48. The van der Waals surface area contributed by atoms with Gasteiger partial charge < -0.3 is 24.3 Å². The van der Waals surface area contributed by atoms with Crippen LogP contribution < -0.4 is 24.3 Å². The van der Waals surface area contributed by atoms with Gasteiger partial charge in [0.25, 0.3) is 5.91 Å². The van der Waals surface area contributed by atoms with E-state index in [-0.39, 0.29) is 18.4 Å². The number of hydrogen-bond acceptors (Lipinski definition) is 7. The van der Waals surface area contributed by atoms with Crippen molar-refractivity contribution >= 4 is 23.2 Å². The number of aromatic nitrogens is 2. The molecule has 0 radical (unpaired) electrons. The normalized spacial score (nSPS) is 10.4. The minimum Gasteiger partial charge on any atom is -0.493 e. The summed E-state index contributed by atoms with van der Waals surface area (Å²) in [5, 5.41) is 3.36. The fourth-order valence-corrected chi connectivity index (χ4v) is 2.96. The summed E-state index contributed by atoms with van der Waals surface area (Å²) in [5.41, 5.74) is 1.98. The molecule has 3 aromatic rings. The van der Waals surface area contributed by atoms with E-state index in [1.165, 1.54) is 21.3 Å². The Balaban J connectivity index is 1.71. The predicted molar refractivity (Wildman–Crippen MR) is 117 cm³/mol. The summed E-state index contributed by atoms with van der Waals surface area (Å²) in [4.78, 5) is 21.2. The van der Waals surface area contributed by atoms with Gasteiger partial charge in [-0.15, -0.1) is 0 Å². The highest BCUT2D eigenvalue weighted by atomic mass is 35.5. The van der Waals surface area contributed by atoms with Gasteiger partial charge in [0.15, 0.2) is 23.9 Å². The number of carbonyl (C=O) groups is 1. The van der Waals surface area contributed by atoms with E-state index in [0.717, 1.165) is 5.56 Å². The maximum Gasteiger partial charge on any atom is 0.262 e. The second-order valence-electron chi connectivity index (χ2n) is 6.43. The molecule has 1 aromatic heterocycles. The topological polar surface area (TPSA) is 91.8 Å². The van der Waals surface area contributed by atoms with Crippen molar-refractivity contribution in [2.75, 3.05) is 33.3 Å². The van der Waals surface area contributed by atoms with Gasteiger partial charge in [0.1, 0.15) is 0 Å². The van der Waals surface area contributed by atoms with Crippen LogP contribution in [0.2, 0.25) is 5.02 Å². The molecule has 1 N–H and O–H groups in total. The van der Waals surface area contributed by atoms with Crippen molar-refractivity contribution in [3.8, 4) is 34.5 Å². The number of hydrogen-bond donors (Lipinski definition) is 1. The van der Waals surface area contributed by atoms with Crippen LogP contribution >= 0.6 is 11.6 Å². The first kappa shape index (κ1) is 22.2. The van der Waals surface area contributed by atoms with Crippen molar-refractivity contribution in [3.05, 3.63) is 53.2 Å². The Hall–Kier alpha value is -3.52. The first-order chi connectivity index (χ1) is 14.9. The van der Waals surface area contributed by atoms with E-state index < -0.39 is 0 Å². The molecule has 3 rings (SSSR count). The summed E-state index contributed by atoms with van der Waals surface area (Å²) in [5.74, 6) is 1.69. The van der Waals surface area contributed by atoms with Crippen LogP contribution in [0.3, 0.4) is 0 Å². The Kier molecular flexibility index (Phi) is 7.15. The van der Waals surface area contributed by atoms with Crippen LogP contribution in [-0.2, 0) is 4.79 Å². The quantitative estimate of drug-likeness (QED) is 0.559. The van der Waals surface area contributed by atoms with Crippen LogP contribution in [-0.4, -0.2) is 43.8 Å². The molecule has 0 aliphatic carbocycles. The average molecular weight is 444 g/mol. The molecular weight excluding hydrogens is 422 g/mol. The van der Waals surface area contributed by atoms with Crippen LogP contribution in [0.1, 0.15) is 5.69 Å². The molecule has 1 heterocycles. The highest BCUT2D eigenvalue weighted by Crippen LogP contribution is 2.39. The van der Waals surface area contributed by atoms with Crippen LogP contribution in [0.4, 0.5) is 5.69 Å². The number of rotatable bonds is 8. The van der Waals surface area contributed by atoms with Gasteiger partial charge in [-0.2, -0.15) is 4.98 Å². The monoisotopic (exact) mass is 443 g/mol. The summed E-state index contributed by atoms with van der Waals surface area (Å²) in [6.07, 6.45) is 0. The maximum absolute atomic E-state index is 12.4. The number of nitrogens with zero attached hydrogens (tertiary/aromatic N) is 2. The number of halogens is 1. The fraction of sp³-hybridized carbons (Fsp3) is 0.227. The summed E-state index contributed by atoms with van der Waals surface area (Å²) in [7, 11) is 4.51. The standard InChI is InChI=1S/C22H22ClN3O5/c1-13-9-20(26-22(24-13)14-5-7-15(23)8-6-14)31-12-19(27)25-16-10-17(28-2)21(30-4)18(11-16)29-3/h5-11H,12H2,1-4H3,(H,25,27). The molecule has 8 nitrogen and oxygen atoms in total. The number of aryl methyl sites for hydroxylation is 1. The highest BCUT2D eigenvalue weighted by molar-refractivity contribution is 6.30. The number of amides is 1. The second-order valence-corrected chi connectivity index (χ2v) is 6.87. The van der Waals surface area contributed by atoms with Crippen LogP contribution in [0.5, 0.6) is 23.1 Å². The number of ether oxygens (including phenoxy) is 4. The molecule has 0 aliphatic rings. The minimum absolute atomic E-state index is 0.243. The van der Waals surface area contributed by atoms with Crippen LogP contribution in [0.25, 0.3) is 11.4 Å². The maximum atomic E-state index is 12.4. The number of nitrogens with one attached hydrogen (secondary N) is 1. The molecule has 31 heavy (non-hydrogen) atoms. The van der Waals surface area contributed by atoms with E-state index >= 15 is 0 Å². The molecule has 0 saturated heterocycles. The Bertz CT molecular complexity index is 1050. The van der Waals surface area contributed by atoms with E-state index in [9.17, 15) is 4.79 Å². The Morgan fingerprint density at radius 1 is 0.968 bits per heavy atom. The van der Waals surface area contributed by atoms with Gasteiger partial charge in [-0.05, 0) is 31.2 Å². The third kappa shape index (κ3) is 5.55. The van der Waals surface area contributed by atoms with Gasteiger partial charge in [0.2, 0.25) is 11.6 Å². The average Bonchev–Trinajstić information content (AvgIpc) is 2.77. The molecule has 9 heteroatoms. The lowest BCUT2D eigenvalue weighted by atomic mass is 10.2. The lowest BCUT2D eigenvalue weighted by Gasteiger charge is -2.14. The minimum atomic E-state index is -0.376. The highest BCUT2D eigenvalue weighted by Gasteiger charge is 2.15. The molecular formula is C22H22ClN3O5. The van der Waals surface area contributed by atoms with E-state index in [1.807, 2.05) is 19.1 Å². The first-order valence-corrected chi connectivity index (χ1v) is 9.65. The SMILES string of the molecule is COc1cc(NC(=O)COc2cc(C)nc(-c3ccc(Cl)cc3)n2)cc(OC)c1OC. The molecule has 0 bridgehead atoms. The van der Waals surface area contributed by atoms with E-state index in [1.54, 1.807) is 30.3 Å².